The third kappa shape index (κ3) is 5.37. The number of nitrogens with zero attached hydrogens (tertiary/aromatic N) is 5. The normalized spacial score (nSPS) is 11.6. The number of para-hydroxylation sites is 2. The van der Waals surface area contributed by atoms with E-state index < -0.39 is 0 Å². The van der Waals surface area contributed by atoms with Crippen LogP contribution in [-0.2, 0) is 0 Å². The second-order valence-corrected chi connectivity index (χ2v) is 12.2. The number of terminal acetylenes is 1. The molecule has 0 aliphatic rings. The van der Waals surface area contributed by atoms with Crippen molar-refractivity contribution in [2.24, 2.45) is 0 Å². The fourth-order valence-electron chi connectivity index (χ4n) is 7.03. The molecule has 0 saturated carbocycles. The van der Waals surface area contributed by atoms with E-state index in [1.165, 1.54) is 0 Å². The third-order valence-corrected chi connectivity index (χ3v) is 9.31. The highest BCUT2D eigenvalue weighted by molar-refractivity contribution is 6.13. The standard InChI is InChI=1S/C47H31N5/c1-5-8-17-38(31(4)34-14-11-16-36(27-34)51-43(13-6-2)37(7-3)39-18-9-10-20-44(39)51)40-23-21-33(29-49)26-46(40)52-45-24-22-32(28-48)25-42(45)41-19-12-15-35(30-50)47(41)52/h3,5-6,8-27H,4H2,1-2H3/b8-5-,13-6-,38-17+. The molecule has 244 valence electrons. The van der Waals surface area contributed by atoms with Crippen LogP contribution in [0.5, 0.6) is 0 Å². The average Bonchev–Trinajstić information content (AvgIpc) is 3.69. The lowest BCUT2D eigenvalue weighted by Crippen LogP contribution is -2.03. The number of fused-ring (bicyclic) bond motifs is 4. The summed E-state index contributed by atoms with van der Waals surface area (Å²) < 4.78 is 4.21. The molecule has 5 heteroatoms. The Kier molecular flexibility index (Phi) is 8.71. The summed E-state index contributed by atoms with van der Waals surface area (Å²) in [5.74, 6) is 2.91. The molecule has 0 N–H and O–H groups in total. The van der Waals surface area contributed by atoms with E-state index in [-0.39, 0.29) is 0 Å². The van der Waals surface area contributed by atoms with Crippen molar-refractivity contribution in [1.82, 2.24) is 9.13 Å². The number of rotatable bonds is 7. The van der Waals surface area contributed by atoms with E-state index in [2.05, 4.69) is 59.5 Å². The van der Waals surface area contributed by atoms with Gasteiger partial charge in [0.1, 0.15) is 6.07 Å². The second kappa shape index (κ2) is 13.7. The summed E-state index contributed by atoms with van der Waals surface area (Å²) in [6, 6.07) is 40.0. The van der Waals surface area contributed by atoms with Gasteiger partial charge in [-0.15, -0.1) is 6.42 Å². The summed E-state index contributed by atoms with van der Waals surface area (Å²) in [6.45, 7) is 8.59. The van der Waals surface area contributed by atoms with Crippen LogP contribution in [0.2, 0.25) is 0 Å². The van der Waals surface area contributed by atoms with Gasteiger partial charge in [-0.2, -0.15) is 15.8 Å². The fraction of sp³-hybridized carbons (Fsp3) is 0.0426. The van der Waals surface area contributed by atoms with Crippen molar-refractivity contribution < 1.29 is 0 Å². The Morgan fingerprint density at radius 2 is 1.44 bits per heavy atom. The van der Waals surface area contributed by atoms with Crippen molar-refractivity contribution in [1.29, 1.82) is 15.8 Å². The quantitative estimate of drug-likeness (QED) is 0.125. The van der Waals surface area contributed by atoms with Gasteiger partial charge in [0.05, 0.1) is 62.3 Å². The van der Waals surface area contributed by atoms with Gasteiger partial charge in [-0.05, 0) is 91.2 Å². The van der Waals surface area contributed by atoms with Crippen molar-refractivity contribution in [3.63, 3.8) is 0 Å². The first-order valence-corrected chi connectivity index (χ1v) is 16.8. The summed E-state index contributed by atoms with van der Waals surface area (Å²) in [6.07, 6.45) is 16.1. The van der Waals surface area contributed by atoms with Gasteiger partial charge in [-0.25, -0.2) is 0 Å². The summed E-state index contributed by atoms with van der Waals surface area (Å²) >= 11 is 0. The lowest BCUT2D eigenvalue weighted by molar-refractivity contribution is 1.10. The Morgan fingerprint density at radius 1 is 0.712 bits per heavy atom. The molecule has 52 heavy (non-hydrogen) atoms. The zero-order chi connectivity index (χ0) is 36.4. The Bertz CT molecular complexity index is 2870. The van der Waals surface area contributed by atoms with Crippen molar-refractivity contribution in [3.05, 3.63) is 173 Å². The van der Waals surface area contributed by atoms with E-state index in [4.69, 9.17) is 6.42 Å². The van der Waals surface area contributed by atoms with Crippen LogP contribution in [0, 0.1) is 46.3 Å². The summed E-state index contributed by atoms with van der Waals surface area (Å²) in [7, 11) is 0. The Labute approximate surface area is 302 Å². The van der Waals surface area contributed by atoms with Gasteiger partial charge in [0.15, 0.2) is 0 Å². The Morgan fingerprint density at radius 3 is 2.19 bits per heavy atom. The number of nitriles is 3. The van der Waals surface area contributed by atoms with Crippen LogP contribution in [0.25, 0.3) is 61.3 Å². The smallest absolute Gasteiger partial charge is 0.101 e. The van der Waals surface area contributed by atoms with Gasteiger partial charge in [0.25, 0.3) is 0 Å². The number of allylic oxidation sites excluding steroid dienone is 6. The van der Waals surface area contributed by atoms with E-state index in [1.54, 1.807) is 18.2 Å². The average molecular weight is 666 g/mol. The van der Waals surface area contributed by atoms with Crippen LogP contribution in [0.4, 0.5) is 0 Å². The van der Waals surface area contributed by atoms with Crippen LogP contribution in [0.1, 0.15) is 52.9 Å². The van der Waals surface area contributed by atoms with Gasteiger partial charge < -0.3 is 9.13 Å². The first-order chi connectivity index (χ1) is 25.5. The van der Waals surface area contributed by atoms with E-state index in [9.17, 15) is 15.8 Å². The van der Waals surface area contributed by atoms with Crippen LogP contribution < -0.4 is 0 Å². The summed E-state index contributed by atoms with van der Waals surface area (Å²) in [5.41, 5.74) is 10.7. The predicted molar refractivity (Wildman–Crippen MR) is 213 cm³/mol. The molecule has 0 amide bonds. The topological polar surface area (TPSA) is 81.2 Å². The molecule has 0 spiro atoms. The number of benzene rings is 5. The largest absolute Gasteiger partial charge is 0.309 e. The molecular weight excluding hydrogens is 635 g/mol. The minimum Gasteiger partial charge on any atom is -0.309 e. The second-order valence-electron chi connectivity index (χ2n) is 12.2. The van der Waals surface area contributed by atoms with Gasteiger partial charge in [0, 0.05) is 27.4 Å². The maximum Gasteiger partial charge on any atom is 0.101 e. The Balaban J connectivity index is 1.48. The SMILES string of the molecule is C#Cc1c(/C=C\C)n(-c2cccc(C(=C)/C(=C\C=C/C)c3ccc(C#N)cc3-n3c4ccc(C#N)cc4c4cccc(C#N)c43)c2)c2ccccc12. The van der Waals surface area contributed by atoms with Gasteiger partial charge in [0.2, 0.25) is 0 Å². The molecule has 2 aromatic heterocycles. The zero-order valence-electron chi connectivity index (χ0n) is 28.7. The highest BCUT2D eigenvalue weighted by atomic mass is 15.0. The van der Waals surface area contributed by atoms with E-state index in [0.29, 0.717) is 27.9 Å². The first-order valence-electron chi connectivity index (χ1n) is 16.8. The van der Waals surface area contributed by atoms with Crippen LogP contribution in [-0.4, -0.2) is 9.13 Å². The van der Waals surface area contributed by atoms with Gasteiger partial charge >= 0.3 is 0 Å². The Hall–Kier alpha value is -7.57. The maximum atomic E-state index is 10.3. The molecule has 0 unspecified atom stereocenters. The predicted octanol–water partition coefficient (Wildman–Crippen LogP) is 11.0. The molecule has 0 bridgehead atoms. The highest BCUT2D eigenvalue weighted by Gasteiger charge is 2.22. The van der Waals surface area contributed by atoms with Crippen molar-refractivity contribution in [3.8, 4) is 41.9 Å². The maximum absolute atomic E-state index is 10.3. The molecule has 0 aliphatic heterocycles. The van der Waals surface area contributed by atoms with Crippen molar-refractivity contribution >= 4 is 49.9 Å². The third-order valence-electron chi connectivity index (χ3n) is 9.31. The minimum absolute atomic E-state index is 0.468. The summed E-state index contributed by atoms with van der Waals surface area (Å²) in [4.78, 5) is 0. The highest BCUT2D eigenvalue weighted by Crippen LogP contribution is 2.40. The van der Waals surface area contributed by atoms with Crippen molar-refractivity contribution in [2.75, 3.05) is 0 Å². The van der Waals surface area contributed by atoms with E-state index in [1.807, 2.05) is 109 Å². The molecule has 2 heterocycles. The molecule has 5 nitrogen and oxygen atoms in total. The molecule has 5 aromatic carbocycles. The first kappa shape index (κ1) is 33.0. The lowest BCUT2D eigenvalue weighted by atomic mass is 9.91. The van der Waals surface area contributed by atoms with Crippen LogP contribution >= 0.6 is 0 Å². The molecule has 0 radical (unpaired) electrons. The van der Waals surface area contributed by atoms with Crippen LogP contribution in [0.3, 0.4) is 0 Å². The monoisotopic (exact) mass is 665 g/mol. The van der Waals surface area contributed by atoms with Gasteiger partial charge in [-0.1, -0.05) is 85.3 Å². The molecule has 0 fully saturated rings. The van der Waals surface area contributed by atoms with Crippen molar-refractivity contribution in [2.45, 2.75) is 13.8 Å². The fourth-order valence-corrected chi connectivity index (χ4v) is 7.03. The van der Waals surface area contributed by atoms with Crippen LogP contribution in [0.15, 0.2) is 134 Å². The number of hydrogen-bond acceptors (Lipinski definition) is 3. The molecule has 7 aromatic rings. The number of aromatic nitrogens is 2. The molecule has 0 atom stereocenters. The van der Waals surface area contributed by atoms with E-state index >= 15 is 0 Å². The number of hydrogen-bond donors (Lipinski definition) is 0. The molecule has 0 saturated heterocycles. The molecule has 0 aliphatic carbocycles. The minimum atomic E-state index is 0.468. The molecular formula is C47H31N5. The lowest BCUT2D eigenvalue weighted by Gasteiger charge is -2.19. The molecule has 7 rings (SSSR count). The van der Waals surface area contributed by atoms with Gasteiger partial charge in [-0.3, -0.25) is 0 Å². The van der Waals surface area contributed by atoms with E-state index in [0.717, 1.165) is 66.4 Å². The zero-order valence-corrected chi connectivity index (χ0v) is 28.7. The summed E-state index contributed by atoms with van der Waals surface area (Å²) in [5, 5.41) is 32.8.